The normalized spacial score (nSPS) is 10.1. The maximum atomic E-state index is 11.7. The highest BCUT2D eigenvalue weighted by Gasteiger charge is 2.09. The third kappa shape index (κ3) is 4.28. The van der Waals surface area contributed by atoms with Crippen molar-refractivity contribution < 1.29 is 4.79 Å². The summed E-state index contributed by atoms with van der Waals surface area (Å²) in [6.45, 7) is 4.60. The number of hydrogen-bond acceptors (Lipinski definition) is 3. The minimum absolute atomic E-state index is 0.135. The van der Waals surface area contributed by atoms with Gasteiger partial charge in [-0.3, -0.25) is 4.79 Å². The summed E-state index contributed by atoms with van der Waals surface area (Å²) in [5.41, 5.74) is 0.436. The van der Waals surface area contributed by atoms with Gasteiger partial charge in [-0.1, -0.05) is 6.92 Å². The number of carbonyl (C=O) groups is 1. The molecular formula is C11H16BrN3O. The van der Waals surface area contributed by atoms with Gasteiger partial charge in [-0.05, 0) is 47.6 Å². The first-order valence-corrected chi connectivity index (χ1v) is 6.14. The average molecular weight is 286 g/mol. The van der Waals surface area contributed by atoms with E-state index in [0.717, 1.165) is 24.0 Å². The van der Waals surface area contributed by atoms with Crippen molar-refractivity contribution in [1.29, 1.82) is 0 Å². The molecule has 1 aromatic heterocycles. The zero-order valence-corrected chi connectivity index (χ0v) is 10.9. The van der Waals surface area contributed by atoms with Crippen LogP contribution in [-0.2, 0) is 0 Å². The zero-order chi connectivity index (χ0) is 11.8. The maximum absolute atomic E-state index is 11.7. The van der Waals surface area contributed by atoms with Crippen LogP contribution in [0.5, 0.6) is 0 Å². The molecule has 4 nitrogen and oxygen atoms in total. The topological polar surface area (TPSA) is 54.0 Å². The molecule has 0 spiro atoms. The van der Waals surface area contributed by atoms with Crippen LogP contribution in [0.3, 0.4) is 0 Å². The average Bonchev–Trinajstić information content (AvgIpc) is 2.29. The van der Waals surface area contributed by atoms with Crippen molar-refractivity contribution >= 4 is 21.8 Å². The van der Waals surface area contributed by atoms with Crippen molar-refractivity contribution in [3.8, 4) is 0 Å². The summed E-state index contributed by atoms with van der Waals surface area (Å²) in [4.78, 5) is 15.7. The van der Waals surface area contributed by atoms with Crippen molar-refractivity contribution in [2.24, 2.45) is 0 Å². The summed E-state index contributed by atoms with van der Waals surface area (Å²) in [7, 11) is 0. The Balaban J connectivity index is 2.33. The Bertz CT molecular complexity index is 344. The second-order valence-electron chi connectivity index (χ2n) is 3.30. The third-order valence-corrected chi connectivity index (χ3v) is 2.68. The number of halogens is 1. The molecule has 2 N–H and O–H groups in total. The highest BCUT2D eigenvalue weighted by molar-refractivity contribution is 9.10. The van der Waals surface area contributed by atoms with Gasteiger partial charge in [-0.15, -0.1) is 0 Å². The highest BCUT2D eigenvalue weighted by atomic mass is 79.9. The van der Waals surface area contributed by atoms with Gasteiger partial charge < -0.3 is 10.6 Å². The minimum Gasteiger partial charge on any atom is -0.351 e. The largest absolute Gasteiger partial charge is 0.351 e. The number of amides is 1. The van der Waals surface area contributed by atoms with Gasteiger partial charge in [-0.2, -0.15) is 0 Å². The number of pyridine rings is 1. The molecule has 0 aliphatic rings. The second-order valence-corrected chi connectivity index (χ2v) is 4.15. The van der Waals surface area contributed by atoms with E-state index in [4.69, 9.17) is 0 Å². The van der Waals surface area contributed by atoms with Crippen LogP contribution < -0.4 is 10.6 Å². The Morgan fingerprint density at radius 1 is 1.50 bits per heavy atom. The minimum atomic E-state index is -0.135. The molecule has 0 saturated carbocycles. The van der Waals surface area contributed by atoms with Crippen molar-refractivity contribution in [3.05, 3.63) is 28.5 Å². The molecule has 1 rings (SSSR count). The van der Waals surface area contributed by atoms with Crippen molar-refractivity contribution in [1.82, 2.24) is 15.6 Å². The fraction of sp³-hybridized carbons (Fsp3) is 0.455. The lowest BCUT2D eigenvalue weighted by Crippen LogP contribution is -2.28. The molecule has 0 radical (unpaired) electrons. The lowest BCUT2D eigenvalue weighted by atomic mass is 10.3. The van der Waals surface area contributed by atoms with Gasteiger partial charge in [0.2, 0.25) is 0 Å². The molecule has 0 unspecified atom stereocenters. The van der Waals surface area contributed by atoms with Crippen molar-refractivity contribution in [3.63, 3.8) is 0 Å². The predicted octanol–water partition coefficient (Wildman–Crippen LogP) is 1.57. The molecule has 1 heterocycles. The zero-order valence-electron chi connectivity index (χ0n) is 9.29. The Morgan fingerprint density at radius 3 is 3.00 bits per heavy atom. The molecule has 0 bridgehead atoms. The van der Waals surface area contributed by atoms with E-state index in [-0.39, 0.29) is 5.91 Å². The molecule has 0 aliphatic carbocycles. The number of aromatic nitrogens is 1. The van der Waals surface area contributed by atoms with E-state index in [1.807, 2.05) is 0 Å². The van der Waals surface area contributed by atoms with E-state index >= 15 is 0 Å². The molecule has 0 saturated heterocycles. The standard InChI is InChI=1S/C11H16BrN3O/c1-2-13-6-4-8-15-11(16)10-9(12)5-3-7-14-10/h3,5,7,13H,2,4,6,8H2,1H3,(H,15,16). The summed E-state index contributed by atoms with van der Waals surface area (Å²) in [5.74, 6) is -0.135. The van der Waals surface area contributed by atoms with Gasteiger partial charge >= 0.3 is 0 Å². The Labute approximate surface area is 104 Å². The number of carbonyl (C=O) groups excluding carboxylic acids is 1. The van der Waals surface area contributed by atoms with Gasteiger partial charge in [0.1, 0.15) is 5.69 Å². The molecule has 88 valence electrons. The first-order valence-electron chi connectivity index (χ1n) is 5.35. The van der Waals surface area contributed by atoms with Crippen LogP contribution in [0, 0.1) is 0 Å². The smallest absolute Gasteiger partial charge is 0.271 e. The van der Waals surface area contributed by atoms with Crippen molar-refractivity contribution in [2.45, 2.75) is 13.3 Å². The second kappa shape index (κ2) is 7.35. The number of rotatable bonds is 6. The molecule has 1 amide bonds. The molecule has 16 heavy (non-hydrogen) atoms. The Morgan fingerprint density at radius 2 is 2.31 bits per heavy atom. The molecule has 5 heteroatoms. The Kier molecular flexibility index (Phi) is 6.03. The van der Waals surface area contributed by atoms with E-state index < -0.39 is 0 Å². The van der Waals surface area contributed by atoms with Gasteiger partial charge in [0.05, 0.1) is 0 Å². The number of nitrogens with one attached hydrogen (secondary N) is 2. The molecule has 1 aromatic rings. The fourth-order valence-corrected chi connectivity index (χ4v) is 1.66. The van der Waals surface area contributed by atoms with Crippen molar-refractivity contribution in [2.75, 3.05) is 19.6 Å². The van der Waals surface area contributed by atoms with Crippen LogP contribution in [-0.4, -0.2) is 30.5 Å². The third-order valence-electron chi connectivity index (χ3n) is 2.04. The lowest BCUT2D eigenvalue weighted by molar-refractivity contribution is 0.0947. The summed E-state index contributed by atoms with van der Waals surface area (Å²) in [6, 6.07) is 3.59. The monoisotopic (exact) mass is 285 g/mol. The van der Waals surface area contributed by atoms with Crippen LogP contribution in [0.1, 0.15) is 23.8 Å². The first kappa shape index (κ1) is 13.1. The summed E-state index contributed by atoms with van der Waals surface area (Å²) in [6.07, 6.45) is 2.53. The molecular weight excluding hydrogens is 270 g/mol. The van der Waals surface area contributed by atoms with Gasteiger partial charge in [0.15, 0.2) is 0 Å². The quantitative estimate of drug-likeness (QED) is 0.781. The van der Waals surface area contributed by atoms with Gasteiger partial charge in [0.25, 0.3) is 5.91 Å². The SMILES string of the molecule is CCNCCCNC(=O)c1ncccc1Br. The van der Waals surface area contributed by atoms with Crippen LogP contribution in [0.2, 0.25) is 0 Å². The van der Waals surface area contributed by atoms with E-state index in [1.54, 1.807) is 18.3 Å². The van der Waals surface area contributed by atoms with Crippen LogP contribution >= 0.6 is 15.9 Å². The molecule has 0 atom stereocenters. The summed E-state index contributed by atoms with van der Waals surface area (Å²) < 4.78 is 0.721. The highest BCUT2D eigenvalue weighted by Crippen LogP contribution is 2.12. The van der Waals surface area contributed by atoms with Crippen LogP contribution in [0.4, 0.5) is 0 Å². The van der Waals surface area contributed by atoms with Crippen LogP contribution in [0.15, 0.2) is 22.8 Å². The predicted molar refractivity (Wildman–Crippen MR) is 67.4 cm³/mol. The van der Waals surface area contributed by atoms with Gasteiger partial charge in [0, 0.05) is 17.2 Å². The summed E-state index contributed by atoms with van der Waals surface area (Å²) in [5, 5.41) is 6.02. The molecule has 0 aliphatic heterocycles. The van der Waals surface area contributed by atoms with E-state index in [0.29, 0.717) is 12.2 Å². The maximum Gasteiger partial charge on any atom is 0.271 e. The molecule has 0 fully saturated rings. The van der Waals surface area contributed by atoms with E-state index in [1.165, 1.54) is 0 Å². The fourth-order valence-electron chi connectivity index (χ4n) is 1.23. The number of hydrogen-bond donors (Lipinski definition) is 2. The first-order chi connectivity index (χ1) is 7.75. The van der Waals surface area contributed by atoms with E-state index in [9.17, 15) is 4.79 Å². The molecule has 0 aromatic carbocycles. The summed E-state index contributed by atoms with van der Waals surface area (Å²) >= 11 is 3.30. The van der Waals surface area contributed by atoms with Crippen LogP contribution in [0.25, 0.3) is 0 Å². The van der Waals surface area contributed by atoms with Gasteiger partial charge in [-0.25, -0.2) is 4.98 Å². The van der Waals surface area contributed by atoms with E-state index in [2.05, 4.69) is 38.5 Å². The number of nitrogens with zero attached hydrogens (tertiary/aromatic N) is 1. The Hall–Kier alpha value is -0.940. The lowest BCUT2D eigenvalue weighted by Gasteiger charge is -2.05.